The molecule has 11 nitrogen and oxygen atoms in total. The van der Waals surface area contributed by atoms with E-state index < -0.39 is 17.9 Å². The molecule has 36 heavy (non-hydrogen) atoms. The molecular formula is C25H31N5O6. The van der Waals surface area contributed by atoms with Crippen LogP contribution in [0.5, 0.6) is 5.75 Å². The molecule has 0 spiro atoms. The number of aliphatic hydroxyl groups excluding tert-OH is 1. The lowest BCUT2D eigenvalue weighted by Gasteiger charge is -2.29. The van der Waals surface area contributed by atoms with Gasteiger partial charge in [0.15, 0.2) is 11.8 Å². The topological polar surface area (TPSA) is 147 Å². The van der Waals surface area contributed by atoms with Crippen LogP contribution >= 0.6 is 0 Å². The molecule has 1 aliphatic heterocycles. The van der Waals surface area contributed by atoms with Gasteiger partial charge in [-0.25, -0.2) is 4.99 Å². The van der Waals surface area contributed by atoms with Crippen molar-refractivity contribution >= 4 is 17.5 Å². The minimum atomic E-state index is -1.33. The number of aliphatic hydroxyl groups is 1. The quantitative estimate of drug-likeness (QED) is 0.143. The number of hydrogen-bond donors (Lipinski definition) is 2. The van der Waals surface area contributed by atoms with Crippen LogP contribution in [0.4, 0.5) is 5.69 Å². The summed E-state index contributed by atoms with van der Waals surface area (Å²) in [6.07, 6.45) is -0.570. The maximum Gasteiger partial charge on any atom is 0.252 e. The molecule has 1 aliphatic rings. The molecule has 0 aliphatic carbocycles. The van der Waals surface area contributed by atoms with Gasteiger partial charge in [-0.15, -0.1) is 0 Å². The number of carbonyl (C=O) groups is 1. The number of hydrogen-bond acceptors (Lipinski definition) is 8. The minimum Gasteiger partial charge on any atom is -0.494 e. The highest BCUT2D eigenvalue weighted by Gasteiger charge is 2.50. The van der Waals surface area contributed by atoms with Crippen LogP contribution in [0.3, 0.4) is 0 Å². The summed E-state index contributed by atoms with van der Waals surface area (Å²) in [5.74, 6) is 0.593. The maximum absolute atomic E-state index is 13.6. The predicted molar refractivity (Wildman–Crippen MR) is 133 cm³/mol. The second-order valence-electron chi connectivity index (χ2n) is 8.16. The Morgan fingerprint density at radius 1 is 1.25 bits per heavy atom. The summed E-state index contributed by atoms with van der Waals surface area (Å²) in [5.41, 5.74) is 9.41. The van der Waals surface area contributed by atoms with E-state index in [1.165, 1.54) is 14.2 Å². The molecule has 11 heteroatoms. The van der Waals surface area contributed by atoms with Gasteiger partial charge in [-0.3, -0.25) is 4.79 Å². The molecule has 2 N–H and O–H groups in total. The Kier molecular flexibility index (Phi) is 9.66. The van der Waals surface area contributed by atoms with Crippen molar-refractivity contribution in [3.05, 3.63) is 70.1 Å². The molecule has 2 aromatic carbocycles. The van der Waals surface area contributed by atoms with Crippen LogP contribution in [0.2, 0.25) is 0 Å². The molecule has 0 aromatic heterocycles. The number of rotatable bonds is 13. The Labute approximate surface area is 209 Å². The number of carbonyl (C=O) groups excluding carboxylic acids is 1. The van der Waals surface area contributed by atoms with Gasteiger partial charge in [-0.1, -0.05) is 29.4 Å². The molecule has 3 rings (SSSR count). The number of aliphatic imine (C=N–C) groups is 1. The molecular weight excluding hydrogens is 466 g/mol. The number of benzene rings is 2. The number of amides is 1. The van der Waals surface area contributed by atoms with Crippen LogP contribution in [-0.2, 0) is 25.4 Å². The fourth-order valence-corrected chi connectivity index (χ4v) is 3.83. The lowest BCUT2D eigenvalue weighted by atomic mass is 9.85. The number of nitrogens with zero attached hydrogens (tertiary/aromatic N) is 4. The van der Waals surface area contributed by atoms with E-state index in [0.29, 0.717) is 41.5 Å². The maximum atomic E-state index is 13.6. The van der Waals surface area contributed by atoms with Gasteiger partial charge in [-0.05, 0) is 42.3 Å². The van der Waals surface area contributed by atoms with Crippen molar-refractivity contribution in [2.75, 3.05) is 34.0 Å². The van der Waals surface area contributed by atoms with Crippen LogP contribution < -0.4 is 10.1 Å². The van der Waals surface area contributed by atoms with Crippen LogP contribution in [0.1, 0.15) is 24.5 Å². The largest absolute Gasteiger partial charge is 0.494 e. The summed E-state index contributed by atoms with van der Waals surface area (Å²) in [4.78, 5) is 21.3. The average Bonchev–Trinajstić information content (AvgIpc) is 3.23. The fraction of sp³-hybridized carbons (Fsp3) is 0.440. The van der Waals surface area contributed by atoms with Crippen molar-refractivity contribution in [2.45, 2.75) is 37.7 Å². The Balaban J connectivity index is 1.94. The van der Waals surface area contributed by atoms with E-state index in [0.717, 1.165) is 0 Å². The number of methoxy groups -OCH3 is 2. The van der Waals surface area contributed by atoms with Crippen molar-refractivity contribution < 1.29 is 28.8 Å². The standard InChI is InChI=1S/C25H31N5O6/c1-17-25(24(32)27-16-22(33-2)34-3,15-19-7-4-5-8-21(19)29-30-26)28-23(36-17)18-9-11-20(12-10-18)35-14-6-13-31/h4-5,7-12,17,22,31H,6,13-16H2,1-3H3,(H,27,32)/t17-,25-/m1/s1. The summed E-state index contributed by atoms with van der Waals surface area (Å²) in [6, 6.07) is 14.2. The number of nitrogens with one attached hydrogen (secondary N) is 1. The summed E-state index contributed by atoms with van der Waals surface area (Å²) < 4.78 is 22.1. The van der Waals surface area contributed by atoms with Gasteiger partial charge in [-0.2, -0.15) is 0 Å². The lowest BCUT2D eigenvalue weighted by molar-refractivity contribution is -0.134. The van der Waals surface area contributed by atoms with Crippen LogP contribution in [0, 0.1) is 0 Å². The third-order valence-corrected chi connectivity index (χ3v) is 5.89. The van der Waals surface area contributed by atoms with Gasteiger partial charge in [0, 0.05) is 49.8 Å². The monoisotopic (exact) mass is 497 g/mol. The first-order valence-electron chi connectivity index (χ1n) is 11.5. The molecule has 0 radical (unpaired) electrons. The van der Waals surface area contributed by atoms with E-state index in [1.807, 2.05) is 6.07 Å². The van der Waals surface area contributed by atoms with Crippen molar-refractivity contribution in [3.63, 3.8) is 0 Å². The molecule has 0 fully saturated rings. The van der Waals surface area contributed by atoms with E-state index in [1.54, 1.807) is 49.4 Å². The predicted octanol–water partition coefficient (Wildman–Crippen LogP) is 3.27. The lowest BCUT2D eigenvalue weighted by Crippen LogP contribution is -2.54. The van der Waals surface area contributed by atoms with Crippen molar-refractivity contribution in [2.24, 2.45) is 10.1 Å². The van der Waals surface area contributed by atoms with Crippen molar-refractivity contribution in [3.8, 4) is 5.75 Å². The molecule has 192 valence electrons. The minimum absolute atomic E-state index is 0.0586. The van der Waals surface area contributed by atoms with Gasteiger partial charge >= 0.3 is 0 Å². The highest BCUT2D eigenvalue weighted by atomic mass is 16.7. The molecule has 0 bridgehead atoms. The summed E-state index contributed by atoms with van der Waals surface area (Å²) in [7, 11) is 2.97. The fourth-order valence-electron chi connectivity index (χ4n) is 3.83. The summed E-state index contributed by atoms with van der Waals surface area (Å²) in [5, 5.41) is 15.5. The summed E-state index contributed by atoms with van der Waals surface area (Å²) in [6.45, 7) is 2.36. The SMILES string of the molecule is COC(CNC(=O)[C@]1(Cc2ccccc2N=[N+]=[N-])N=C(c2ccc(OCCCO)cc2)O[C@@H]1C)OC. The number of ether oxygens (including phenoxy) is 4. The second kappa shape index (κ2) is 12.9. The molecule has 1 amide bonds. The first-order chi connectivity index (χ1) is 17.5. The van der Waals surface area contributed by atoms with E-state index in [4.69, 9.17) is 34.6 Å². The zero-order valence-electron chi connectivity index (χ0n) is 20.6. The van der Waals surface area contributed by atoms with E-state index in [9.17, 15) is 4.79 Å². The van der Waals surface area contributed by atoms with Crippen molar-refractivity contribution in [1.82, 2.24) is 5.32 Å². The highest BCUT2D eigenvalue weighted by Crippen LogP contribution is 2.35. The van der Waals surface area contributed by atoms with Gasteiger partial charge in [0.1, 0.15) is 11.9 Å². The van der Waals surface area contributed by atoms with Gasteiger partial charge < -0.3 is 29.4 Å². The van der Waals surface area contributed by atoms with Crippen molar-refractivity contribution in [1.29, 1.82) is 0 Å². The third kappa shape index (κ3) is 6.32. The molecule has 0 saturated heterocycles. The molecule has 2 atom stereocenters. The summed E-state index contributed by atoms with van der Waals surface area (Å²) >= 11 is 0. The Hall–Kier alpha value is -3.63. The van der Waals surface area contributed by atoms with Gasteiger partial charge in [0.25, 0.3) is 5.91 Å². The first-order valence-corrected chi connectivity index (χ1v) is 11.5. The molecule has 0 unspecified atom stereocenters. The number of azide groups is 1. The van der Waals surface area contributed by atoms with Crippen LogP contribution in [0.15, 0.2) is 58.6 Å². The smallest absolute Gasteiger partial charge is 0.252 e. The molecule has 0 saturated carbocycles. The Morgan fingerprint density at radius 2 is 1.97 bits per heavy atom. The Bertz CT molecular complexity index is 1100. The van der Waals surface area contributed by atoms with E-state index in [-0.39, 0.29) is 25.5 Å². The highest BCUT2D eigenvalue weighted by molar-refractivity contribution is 6.01. The van der Waals surface area contributed by atoms with Crippen LogP contribution in [0.25, 0.3) is 10.4 Å². The van der Waals surface area contributed by atoms with E-state index >= 15 is 0 Å². The van der Waals surface area contributed by atoms with Gasteiger partial charge in [0.05, 0.1) is 13.2 Å². The molecule has 2 aromatic rings. The Morgan fingerprint density at radius 3 is 2.64 bits per heavy atom. The zero-order chi connectivity index (χ0) is 26.0. The normalized spacial score (nSPS) is 18.8. The van der Waals surface area contributed by atoms with Gasteiger partial charge in [0.2, 0.25) is 5.90 Å². The second-order valence-corrected chi connectivity index (χ2v) is 8.16. The average molecular weight is 498 g/mol. The molecule has 1 heterocycles. The first kappa shape index (κ1) is 27.0. The van der Waals surface area contributed by atoms with Crippen LogP contribution in [-0.4, -0.2) is 68.8 Å². The van der Waals surface area contributed by atoms with E-state index in [2.05, 4.69) is 15.3 Å². The zero-order valence-corrected chi connectivity index (χ0v) is 20.6. The third-order valence-electron chi connectivity index (χ3n) is 5.89.